The first kappa shape index (κ1) is 28.0. The Kier molecular flexibility index (Phi) is 13.3. The van der Waals surface area contributed by atoms with Gasteiger partial charge in [0.2, 0.25) is 0 Å². The van der Waals surface area contributed by atoms with Crippen molar-refractivity contribution >= 4 is 24.1 Å². The molecular weight excluding hydrogens is 432 g/mol. The molecular formula is C23H36N2O8. The van der Waals surface area contributed by atoms with Gasteiger partial charge in [-0.05, 0) is 44.9 Å². The molecule has 1 aliphatic carbocycles. The molecule has 1 aliphatic rings. The van der Waals surface area contributed by atoms with Crippen LogP contribution in [-0.4, -0.2) is 63.6 Å². The number of carbonyl (C=O) groups is 4. The van der Waals surface area contributed by atoms with Crippen molar-refractivity contribution in [3.63, 3.8) is 0 Å². The summed E-state index contributed by atoms with van der Waals surface area (Å²) in [4.78, 5) is 46.1. The zero-order chi connectivity index (χ0) is 24.6. The van der Waals surface area contributed by atoms with Crippen molar-refractivity contribution in [2.24, 2.45) is 11.8 Å². The van der Waals surface area contributed by atoms with E-state index in [9.17, 15) is 19.2 Å². The highest BCUT2D eigenvalue weighted by atomic mass is 16.6. The number of esters is 2. The molecule has 2 N–H and O–H groups in total. The Labute approximate surface area is 195 Å². The van der Waals surface area contributed by atoms with Gasteiger partial charge in [-0.2, -0.15) is 0 Å². The summed E-state index contributed by atoms with van der Waals surface area (Å²) in [6.07, 6.45) is 3.21. The quantitative estimate of drug-likeness (QED) is 0.183. The molecule has 0 aromatic heterocycles. The van der Waals surface area contributed by atoms with Crippen molar-refractivity contribution in [3.8, 4) is 0 Å². The second-order valence-corrected chi connectivity index (χ2v) is 8.12. The van der Waals surface area contributed by atoms with Gasteiger partial charge in [0, 0.05) is 30.7 Å². The van der Waals surface area contributed by atoms with E-state index in [1.54, 1.807) is 13.8 Å². The van der Waals surface area contributed by atoms with Crippen LogP contribution >= 0.6 is 0 Å². The number of hydrogen-bond donors (Lipinski definition) is 2. The van der Waals surface area contributed by atoms with Gasteiger partial charge >= 0.3 is 24.1 Å². The van der Waals surface area contributed by atoms with Crippen molar-refractivity contribution in [1.82, 2.24) is 10.6 Å². The normalized spacial score (nSPS) is 17.3. The highest BCUT2D eigenvalue weighted by Crippen LogP contribution is 2.28. The van der Waals surface area contributed by atoms with E-state index in [0.717, 1.165) is 25.7 Å². The van der Waals surface area contributed by atoms with Crippen LogP contribution in [0, 0.1) is 11.8 Å². The van der Waals surface area contributed by atoms with E-state index < -0.39 is 24.1 Å². The van der Waals surface area contributed by atoms with E-state index >= 15 is 0 Å². The zero-order valence-corrected chi connectivity index (χ0v) is 19.6. The molecule has 1 rings (SSSR count). The first-order valence-corrected chi connectivity index (χ1v) is 11.2. The third-order valence-electron chi connectivity index (χ3n) is 4.96. The van der Waals surface area contributed by atoms with Crippen molar-refractivity contribution < 1.29 is 38.1 Å². The first-order chi connectivity index (χ1) is 15.7. The highest BCUT2D eigenvalue weighted by molar-refractivity contribution is 5.87. The van der Waals surface area contributed by atoms with Gasteiger partial charge in [0.1, 0.15) is 13.2 Å². The zero-order valence-electron chi connectivity index (χ0n) is 19.6. The van der Waals surface area contributed by atoms with Crippen molar-refractivity contribution in [3.05, 3.63) is 24.3 Å². The number of ether oxygens (including phenoxy) is 4. The van der Waals surface area contributed by atoms with E-state index in [1.165, 1.54) is 0 Å². The summed E-state index contributed by atoms with van der Waals surface area (Å²) in [5.74, 6) is -0.391. The van der Waals surface area contributed by atoms with Gasteiger partial charge < -0.3 is 29.6 Å². The Morgan fingerprint density at radius 1 is 0.727 bits per heavy atom. The van der Waals surface area contributed by atoms with Gasteiger partial charge in [-0.1, -0.05) is 19.6 Å². The first-order valence-electron chi connectivity index (χ1n) is 11.2. The molecule has 2 amide bonds. The summed E-state index contributed by atoms with van der Waals surface area (Å²) in [7, 11) is 0. The minimum absolute atomic E-state index is 0.0218. The van der Waals surface area contributed by atoms with Gasteiger partial charge in [-0.15, -0.1) is 0 Å². The molecule has 0 aliphatic heterocycles. The van der Waals surface area contributed by atoms with E-state index in [4.69, 9.17) is 18.9 Å². The fraction of sp³-hybridized carbons (Fsp3) is 0.652. The van der Waals surface area contributed by atoms with Crippen molar-refractivity contribution in [2.75, 3.05) is 39.5 Å². The molecule has 0 aromatic carbocycles. The molecule has 186 valence electrons. The Bertz CT molecular complexity index is 707. The molecule has 10 nitrogen and oxygen atoms in total. The molecule has 0 saturated heterocycles. The summed E-state index contributed by atoms with van der Waals surface area (Å²) in [5, 5.41) is 5.50. The highest BCUT2D eigenvalue weighted by Gasteiger charge is 2.23. The lowest BCUT2D eigenvalue weighted by Crippen LogP contribution is -2.36. The number of alkyl carbamates (subject to hydrolysis) is 2. The third-order valence-corrected chi connectivity index (χ3v) is 4.96. The van der Waals surface area contributed by atoms with Crippen LogP contribution in [0.3, 0.4) is 0 Å². The molecule has 0 heterocycles. The monoisotopic (exact) mass is 468 g/mol. The van der Waals surface area contributed by atoms with Crippen LogP contribution in [0.1, 0.15) is 46.0 Å². The van der Waals surface area contributed by atoms with Crippen molar-refractivity contribution in [2.45, 2.75) is 46.0 Å². The number of carbonyl (C=O) groups excluding carboxylic acids is 4. The average Bonchev–Trinajstić information content (AvgIpc) is 2.78. The molecule has 0 radical (unpaired) electrons. The Morgan fingerprint density at radius 3 is 1.67 bits per heavy atom. The van der Waals surface area contributed by atoms with Crippen LogP contribution in [0.4, 0.5) is 9.59 Å². The smallest absolute Gasteiger partial charge is 0.407 e. The van der Waals surface area contributed by atoms with E-state index in [1.807, 2.05) is 0 Å². The predicted octanol–water partition coefficient (Wildman–Crippen LogP) is 2.87. The maximum atomic E-state index is 11.8. The summed E-state index contributed by atoms with van der Waals surface area (Å²) in [6.45, 7) is 11.3. The Balaban J connectivity index is 2.12. The third kappa shape index (κ3) is 13.2. The van der Waals surface area contributed by atoms with Crippen LogP contribution in [0.2, 0.25) is 0 Å². The molecule has 2 unspecified atom stereocenters. The minimum atomic E-state index is -0.556. The Hall–Kier alpha value is -3.04. The average molecular weight is 469 g/mol. The van der Waals surface area contributed by atoms with Crippen LogP contribution in [0.15, 0.2) is 24.3 Å². The summed E-state index contributed by atoms with van der Waals surface area (Å²) >= 11 is 0. The van der Waals surface area contributed by atoms with Crippen LogP contribution in [0.5, 0.6) is 0 Å². The van der Waals surface area contributed by atoms with Crippen LogP contribution in [0.25, 0.3) is 0 Å². The molecule has 0 spiro atoms. The topological polar surface area (TPSA) is 129 Å². The molecule has 1 fully saturated rings. The second kappa shape index (κ2) is 15.7. The standard InChI is InChI=1S/C23H36N2O8/c1-16(2)20(26)30-9-6-10-32-22(28)24-14-18-7-5-8-19(13-18)15-25-23(29)33-12-11-31-21(27)17(3)4/h18-19H,1,3,5-15H2,2,4H3,(H,24,28)(H,25,29). The van der Waals surface area contributed by atoms with Crippen LogP contribution < -0.4 is 10.6 Å². The largest absolute Gasteiger partial charge is 0.462 e. The van der Waals surface area contributed by atoms with Crippen molar-refractivity contribution in [1.29, 1.82) is 0 Å². The molecule has 2 atom stereocenters. The lowest BCUT2D eigenvalue weighted by Gasteiger charge is -2.29. The minimum Gasteiger partial charge on any atom is -0.462 e. The molecule has 0 aromatic rings. The summed E-state index contributed by atoms with van der Waals surface area (Å²) in [6, 6.07) is 0. The van der Waals surface area contributed by atoms with E-state index in [-0.39, 0.29) is 32.0 Å². The summed E-state index contributed by atoms with van der Waals surface area (Å²) < 4.78 is 19.8. The fourth-order valence-electron chi connectivity index (χ4n) is 3.23. The predicted molar refractivity (Wildman–Crippen MR) is 120 cm³/mol. The molecule has 10 heteroatoms. The number of nitrogens with one attached hydrogen (secondary N) is 2. The van der Waals surface area contributed by atoms with Gasteiger partial charge in [0.15, 0.2) is 0 Å². The number of hydrogen-bond acceptors (Lipinski definition) is 8. The molecule has 0 bridgehead atoms. The second-order valence-electron chi connectivity index (χ2n) is 8.12. The SMILES string of the molecule is C=C(C)C(=O)OCCCOC(=O)NCC1CCCC(CNC(=O)OCCOC(=O)C(=C)C)C1. The van der Waals surface area contributed by atoms with E-state index in [2.05, 4.69) is 23.8 Å². The van der Waals surface area contributed by atoms with Gasteiger partial charge in [0.25, 0.3) is 0 Å². The maximum absolute atomic E-state index is 11.8. The maximum Gasteiger partial charge on any atom is 0.407 e. The number of rotatable bonds is 13. The molecule has 1 saturated carbocycles. The van der Waals surface area contributed by atoms with Gasteiger partial charge in [-0.3, -0.25) is 0 Å². The van der Waals surface area contributed by atoms with Crippen LogP contribution in [-0.2, 0) is 28.5 Å². The summed E-state index contributed by atoms with van der Waals surface area (Å²) in [5.41, 5.74) is 0.615. The lowest BCUT2D eigenvalue weighted by atomic mass is 9.81. The van der Waals surface area contributed by atoms with Gasteiger partial charge in [-0.25, -0.2) is 19.2 Å². The number of amides is 2. The van der Waals surface area contributed by atoms with E-state index in [0.29, 0.717) is 36.9 Å². The Morgan fingerprint density at radius 2 is 1.15 bits per heavy atom. The van der Waals surface area contributed by atoms with Gasteiger partial charge in [0.05, 0.1) is 13.2 Å². The lowest BCUT2D eigenvalue weighted by molar-refractivity contribution is -0.140. The molecule has 33 heavy (non-hydrogen) atoms. The fourth-order valence-corrected chi connectivity index (χ4v) is 3.23.